The average Bonchev–Trinajstić information content (AvgIpc) is 2.77. The molecule has 4 aromatic carbocycles. The van der Waals surface area contributed by atoms with Gasteiger partial charge in [-0.1, -0.05) is 73.7 Å². The van der Waals surface area contributed by atoms with Crippen LogP contribution in [-0.4, -0.2) is 10.2 Å². The molecule has 0 saturated heterocycles. The molecule has 2 N–H and O–H groups in total. The summed E-state index contributed by atoms with van der Waals surface area (Å²) in [6.07, 6.45) is 4.91. The minimum absolute atomic E-state index is 0.182. The van der Waals surface area contributed by atoms with E-state index in [2.05, 4.69) is 31.2 Å². The number of rotatable bonds is 3. The molecule has 0 heterocycles. The van der Waals surface area contributed by atoms with Crippen LogP contribution in [0.5, 0.6) is 17.2 Å². The van der Waals surface area contributed by atoms with E-state index in [1.807, 2.05) is 48.6 Å². The minimum atomic E-state index is -0.467. The molecule has 3 nitrogen and oxygen atoms in total. The highest BCUT2D eigenvalue weighted by Gasteiger charge is 2.28. The first-order valence-corrected chi connectivity index (χ1v) is 9.98. The van der Waals surface area contributed by atoms with Crippen molar-refractivity contribution in [2.45, 2.75) is 25.9 Å². The van der Waals surface area contributed by atoms with E-state index >= 15 is 0 Å². The molecular formula is C26H22O3. The zero-order valence-electron chi connectivity index (χ0n) is 16.2. The summed E-state index contributed by atoms with van der Waals surface area (Å²) >= 11 is 0. The Labute approximate surface area is 169 Å². The Morgan fingerprint density at radius 2 is 1.55 bits per heavy atom. The SMILES string of the molecule is CCc1ccc2ccccc2c1OC1C=CCc2c1c(O)c1ccccc1c2O. The lowest BCUT2D eigenvalue weighted by molar-refractivity contribution is 0.247. The summed E-state index contributed by atoms with van der Waals surface area (Å²) in [5, 5.41) is 25.4. The van der Waals surface area contributed by atoms with E-state index in [1.54, 1.807) is 0 Å². The number of benzene rings is 4. The van der Waals surface area contributed by atoms with Gasteiger partial charge < -0.3 is 14.9 Å². The van der Waals surface area contributed by atoms with Crippen LogP contribution in [0.25, 0.3) is 21.5 Å². The van der Waals surface area contributed by atoms with Crippen LogP contribution in [0.15, 0.2) is 72.8 Å². The van der Waals surface area contributed by atoms with Gasteiger partial charge >= 0.3 is 0 Å². The molecule has 1 atom stereocenters. The zero-order valence-corrected chi connectivity index (χ0v) is 16.2. The van der Waals surface area contributed by atoms with Crippen LogP contribution in [0, 0.1) is 0 Å². The third kappa shape index (κ3) is 2.73. The molecule has 0 amide bonds. The van der Waals surface area contributed by atoms with E-state index < -0.39 is 6.10 Å². The summed E-state index contributed by atoms with van der Waals surface area (Å²) < 4.78 is 6.54. The highest BCUT2D eigenvalue weighted by Crippen LogP contribution is 2.46. The highest BCUT2D eigenvalue weighted by molar-refractivity contribution is 5.96. The van der Waals surface area contributed by atoms with Gasteiger partial charge in [-0.25, -0.2) is 0 Å². The first-order chi connectivity index (χ1) is 14.2. The van der Waals surface area contributed by atoms with Crippen molar-refractivity contribution in [1.29, 1.82) is 0 Å². The lowest BCUT2D eigenvalue weighted by Crippen LogP contribution is -2.13. The summed E-state index contributed by atoms with van der Waals surface area (Å²) in [6.45, 7) is 2.11. The number of aryl methyl sites for hydroxylation is 1. The van der Waals surface area contributed by atoms with Crippen LogP contribution in [0.1, 0.15) is 29.7 Å². The van der Waals surface area contributed by atoms with E-state index in [4.69, 9.17) is 4.74 Å². The summed E-state index contributed by atoms with van der Waals surface area (Å²) in [7, 11) is 0. The number of fused-ring (bicyclic) bond motifs is 3. The van der Waals surface area contributed by atoms with Gasteiger partial charge in [0.15, 0.2) is 0 Å². The van der Waals surface area contributed by atoms with Crippen LogP contribution in [0.4, 0.5) is 0 Å². The van der Waals surface area contributed by atoms with Gasteiger partial charge in [-0.3, -0.25) is 0 Å². The van der Waals surface area contributed by atoms with E-state index in [-0.39, 0.29) is 11.5 Å². The van der Waals surface area contributed by atoms with Crippen LogP contribution >= 0.6 is 0 Å². The maximum absolute atomic E-state index is 11.1. The molecule has 0 fully saturated rings. The predicted molar refractivity (Wildman–Crippen MR) is 117 cm³/mol. The molecule has 0 spiro atoms. The van der Waals surface area contributed by atoms with Crippen LogP contribution < -0.4 is 4.74 Å². The summed E-state index contributed by atoms with van der Waals surface area (Å²) in [5.74, 6) is 1.24. The smallest absolute Gasteiger partial charge is 0.146 e. The third-order valence-corrected chi connectivity index (χ3v) is 5.81. The van der Waals surface area contributed by atoms with E-state index in [0.717, 1.165) is 34.1 Å². The normalized spacial score (nSPS) is 15.6. The Morgan fingerprint density at radius 1 is 0.862 bits per heavy atom. The molecule has 29 heavy (non-hydrogen) atoms. The fourth-order valence-electron chi connectivity index (χ4n) is 4.32. The van der Waals surface area contributed by atoms with Crippen LogP contribution in [0.3, 0.4) is 0 Å². The van der Waals surface area contributed by atoms with Gasteiger partial charge in [-0.15, -0.1) is 0 Å². The molecule has 0 saturated carbocycles. The number of hydrogen-bond acceptors (Lipinski definition) is 3. The molecule has 1 aliphatic carbocycles. The summed E-state index contributed by atoms with van der Waals surface area (Å²) in [6, 6.07) is 19.8. The summed E-state index contributed by atoms with van der Waals surface area (Å²) in [5.41, 5.74) is 2.50. The Balaban J connectivity index is 1.70. The molecule has 0 bridgehead atoms. The number of hydrogen-bond donors (Lipinski definition) is 2. The van der Waals surface area contributed by atoms with E-state index in [9.17, 15) is 10.2 Å². The Kier molecular flexibility index (Phi) is 4.17. The predicted octanol–water partition coefficient (Wildman–Crippen LogP) is 6.20. The number of phenols is 2. The molecule has 1 unspecified atom stereocenters. The van der Waals surface area contributed by atoms with Crippen LogP contribution in [0.2, 0.25) is 0 Å². The highest BCUT2D eigenvalue weighted by atomic mass is 16.5. The van der Waals surface area contributed by atoms with Crippen molar-refractivity contribution in [2.75, 3.05) is 0 Å². The second-order valence-corrected chi connectivity index (χ2v) is 7.43. The van der Waals surface area contributed by atoms with E-state index in [1.165, 1.54) is 0 Å². The number of phenolic OH excluding ortho intramolecular Hbond substituents is 2. The van der Waals surface area contributed by atoms with Gasteiger partial charge in [0.1, 0.15) is 23.4 Å². The quantitative estimate of drug-likeness (QED) is 0.328. The molecule has 1 aliphatic rings. The van der Waals surface area contributed by atoms with E-state index in [0.29, 0.717) is 22.8 Å². The zero-order chi connectivity index (χ0) is 20.0. The summed E-state index contributed by atoms with van der Waals surface area (Å²) in [4.78, 5) is 0. The Hall–Kier alpha value is -3.46. The number of ether oxygens (including phenoxy) is 1. The first-order valence-electron chi connectivity index (χ1n) is 9.98. The fraction of sp³-hybridized carbons (Fsp3) is 0.154. The fourth-order valence-corrected chi connectivity index (χ4v) is 4.32. The number of aromatic hydroxyl groups is 2. The van der Waals surface area contributed by atoms with Gasteiger partial charge in [-0.2, -0.15) is 0 Å². The van der Waals surface area contributed by atoms with Crippen LogP contribution in [-0.2, 0) is 12.8 Å². The van der Waals surface area contributed by atoms with Gasteiger partial charge in [0.25, 0.3) is 0 Å². The molecule has 0 aromatic heterocycles. The van der Waals surface area contributed by atoms with Crippen molar-refractivity contribution in [3.05, 3.63) is 89.5 Å². The van der Waals surface area contributed by atoms with Gasteiger partial charge in [0.05, 0.1) is 0 Å². The van der Waals surface area contributed by atoms with Crippen molar-refractivity contribution in [2.24, 2.45) is 0 Å². The van der Waals surface area contributed by atoms with Crippen molar-refractivity contribution in [3.63, 3.8) is 0 Å². The topological polar surface area (TPSA) is 49.7 Å². The number of allylic oxidation sites excluding steroid dienone is 1. The third-order valence-electron chi connectivity index (χ3n) is 5.81. The largest absolute Gasteiger partial charge is 0.507 e. The maximum atomic E-state index is 11.1. The lowest BCUT2D eigenvalue weighted by atomic mass is 9.89. The monoisotopic (exact) mass is 382 g/mol. The Bertz CT molecular complexity index is 1270. The molecule has 5 rings (SSSR count). The second-order valence-electron chi connectivity index (χ2n) is 7.43. The van der Waals surface area contributed by atoms with Crippen molar-refractivity contribution < 1.29 is 14.9 Å². The first kappa shape index (κ1) is 17.6. The second kappa shape index (κ2) is 6.85. The molecule has 0 aliphatic heterocycles. The molecule has 3 heteroatoms. The minimum Gasteiger partial charge on any atom is -0.507 e. The van der Waals surface area contributed by atoms with Gasteiger partial charge in [0.2, 0.25) is 0 Å². The van der Waals surface area contributed by atoms with Gasteiger partial charge in [0, 0.05) is 27.3 Å². The van der Waals surface area contributed by atoms with Crippen molar-refractivity contribution in [3.8, 4) is 17.2 Å². The van der Waals surface area contributed by atoms with Gasteiger partial charge in [-0.05, 0) is 29.9 Å². The molecule has 0 radical (unpaired) electrons. The van der Waals surface area contributed by atoms with Crippen molar-refractivity contribution >= 4 is 21.5 Å². The average molecular weight is 382 g/mol. The maximum Gasteiger partial charge on any atom is 0.146 e. The standard InChI is InChI=1S/C26H22O3/c1-2-16-14-15-17-8-3-4-9-18(17)26(16)29-22-13-7-12-21-23(22)25(28)20-11-6-5-10-19(20)24(21)27/h3-11,13-15,22,27-28H,2,12H2,1H3. The molecule has 4 aromatic rings. The molecular weight excluding hydrogens is 360 g/mol. The lowest BCUT2D eigenvalue weighted by Gasteiger charge is -2.26. The van der Waals surface area contributed by atoms with Crippen molar-refractivity contribution in [1.82, 2.24) is 0 Å². The molecule has 144 valence electrons. The Morgan fingerprint density at radius 3 is 2.31 bits per heavy atom.